The van der Waals surface area contributed by atoms with Crippen molar-refractivity contribution in [1.29, 1.82) is 0 Å². The van der Waals surface area contributed by atoms with E-state index in [0.717, 1.165) is 5.57 Å². The predicted molar refractivity (Wildman–Crippen MR) is 108 cm³/mol. The van der Waals surface area contributed by atoms with Crippen molar-refractivity contribution in [2.75, 3.05) is 6.61 Å². The predicted octanol–water partition coefficient (Wildman–Crippen LogP) is 2.90. The lowest BCUT2D eigenvalue weighted by molar-refractivity contribution is -0.172. The van der Waals surface area contributed by atoms with Gasteiger partial charge in [-0.1, -0.05) is 31.0 Å². The molecular weight excluding hydrogens is 408 g/mol. The molecule has 0 bridgehead atoms. The van der Waals surface area contributed by atoms with Crippen LogP contribution in [0.5, 0.6) is 0 Å². The van der Waals surface area contributed by atoms with Crippen LogP contribution in [0.25, 0.3) is 0 Å². The third kappa shape index (κ3) is 2.72. The van der Waals surface area contributed by atoms with Crippen LogP contribution in [-0.2, 0) is 23.9 Å². The standard InChI is InChI=1S/C23H27ClO6/c1-12(25)30-11-19(28)23(29)7-6-16-15-5-4-13-8-14(26)9-18(24)22(13,3)20(15)17(27)10-21(16,23)2/h8-9,15-16,20,29H,4-7,10-11H2,1-3H3/t15-,16-,20+,21-,22+,23-/m0/s1. The van der Waals surface area contributed by atoms with Gasteiger partial charge in [0.2, 0.25) is 5.78 Å². The van der Waals surface area contributed by atoms with Gasteiger partial charge >= 0.3 is 5.97 Å². The topological polar surface area (TPSA) is 97.7 Å². The first-order valence-corrected chi connectivity index (χ1v) is 10.9. The molecule has 0 spiro atoms. The third-order valence-corrected chi connectivity index (χ3v) is 8.90. The van der Waals surface area contributed by atoms with Crippen molar-refractivity contribution in [3.63, 3.8) is 0 Å². The van der Waals surface area contributed by atoms with Gasteiger partial charge in [-0.25, -0.2) is 0 Å². The molecule has 0 aromatic heterocycles. The Bertz CT molecular complexity index is 919. The van der Waals surface area contributed by atoms with Gasteiger partial charge in [0.25, 0.3) is 0 Å². The number of esters is 1. The molecule has 0 aliphatic heterocycles. The molecule has 3 fully saturated rings. The molecular formula is C23H27ClO6. The van der Waals surface area contributed by atoms with E-state index in [0.29, 0.717) is 24.3 Å². The van der Waals surface area contributed by atoms with E-state index in [1.165, 1.54) is 13.0 Å². The number of aliphatic hydroxyl groups is 1. The number of ketones is 3. The molecule has 4 aliphatic rings. The number of hydrogen-bond donors (Lipinski definition) is 1. The van der Waals surface area contributed by atoms with Crippen molar-refractivity contribution < 1.29 is 29.0 Å². The van der Waals surface area contributed by atoms with Crippen molar-refractivity contribution in [2.45, 2.75) is 58.5 Å². The van der Waals surface area contributed by atoms with Crippen molar-refractivity contribution in [2.24, 2.45) is 28.6 Å². The molecule has 3 saturated carbocycles. The number of rotatable bonds is 3. The summed E-state index contributed by atoms with van der Waals surface area (Å²) < 4.78 is 4.85. The van der Waals surface area contributed by atoms with Crippen LogP contribution in [0.1, 0.15) is 52.9 Å². The van der Waals surface area contributed by atoms with Gasteiger partial charge in [-0.3, -0.25) is 19.2 Å². The van der Waals surface area contributed by atoms with Crippen LogP contribution in [0.3, 0.4) is 0 Å². The molecule has 0 radical (unpaired) electrons. The van der Waals surface area contributed by atoms with Gasteiger partial charge in [-0.15, -0.1) is 0 Å². The largest absolute Gasteiger partial charge is 0.458 e. The molecule has 1 N–H and O–H groups in total. The lowest BCUT2D eigenvalue weighted by Crippen LogP contribution is -2.61. The summed E-state index contributed by atoms with van der Waals surface area (Å²) in [5.41, 5.74) is -2.43. The lowest BCUT2D eigenvalue weighted by atomic mass is 9.46. The summed E-state index contributed by atoms with van der Waals surface area (Å²) in [5, 5.41) is 11.8. The first-order chi connectivity index (χ1) is 13.9. The Kier molecular flexibility index (Phi) is 4.90. The van der Waals surface area contributed by atoms with Gasteiger partial charge in [0, 0.05) is 41.2 Å². The zero-order valence-electron chi connectivity index (χ0n) is 17.5. The summed E-state index contributed by atoms with van der Waals surface area (Å²) in [5.74, 6) is -1.76. The molecule has 0 unspecified atom stereocenters. The Morgan fingerprint density at radius 1 is 1.23 bits per heavy atom. The van der Waals surface area contributed by atoms with Gasteiger partial charge in [-0.2, -0.15) is 0 Å². The average molecular weight is 435 g/mol. The first-order valence-electron chi connectivity index (χ1n) is 10.5. The van der Waals surface area contributed by atoms with Crippen LogP contribution in [0.2, 0.25) is 0 Å². The highest BCUT2D eigenvalue weighted by molar-refractivity contribution is 6.33. The Balaban J connectivity index is 1.70. The Labute approximate surface area is 180 Å². The summed E-state index contributed by atoms with van der Waals surface area (Å²) in [6, 6.07) is 0. The molecule has 0 heterocycles. The molecule has 162 valence electrons. The molecule has 7 heteroatoms. The monoisotopic (exact) mass is 434 g/mol. The number of halogens is 1. The van der Waals surface area contributed by atoms with Crippen molar-refractivity contribution in [3.8, 4) is 0 Å². The maximum atomic E-state index is 13.5. The minimum absolute atomic E-state index is 0.0339. The van der Waals surface area contributed by atoms with Gasteiger partial charge in [-0.05, 0) is 43.6 Å². The van der Waals surface area contributed by atoms with Crippen molar-refractivity contribution >= 4 is 34.9 Å². The molecule has 4 aliphatic carbocycles. The molecule has 30 heavy (non-hydrogen) atoms. The second-order valence-corrected chi connectivity index (χ2v) is 10.1. The smallest absolute Gasteiger partial charge is 0.303 e. The fraction of sp³-hybridized carbons (Fsp3) is 0.652. The first kappa shape index (κ1) is 21.4. The number of fused-ring (bicyclic) bond motifs is 5. The maximum Gasteiger partial charge on any atom is 0.303 e. The number of carbonyl (C=O) groups is 4. The number of carbonyl (C=O) groups excluding carboxylic acids is 4. The van der Waals surface area contributed by atoms with Crippen LogP contribution in [-0.4, -0.2) is 40.6 Å². The van der Waals surface area contributed by atoms with Crippen LogP contribution in [0, 0.1) is 28.6 Å². The second-order valence-electron chi connectivity index (χ2n) is 9.72. The highest BCUT2D eigenvalue weighted by Gasteiger charge is 2.68. The number of allylic oxidation sites excluding steroid dienone is 4. The third-order valence-electron chi connectivity index (χ3n) is 8.40. The highest BCUT2D eigenvalue weighted by atomic mass is 35.5. The summed E-state index contributed by atoms with van der Waals surface area (Å²) in [4.78, 5) is 49.5. The van der Waals surface area contributed by atoms with Crippen LogP contribution in [0.15, 0.2) is 22.8 Å². The Morgan fingerprint density at radius 2 is 1.93 bits per heavy atom. The zero-order valence-corrected chi connectivity index (χ0v) is 18.3. The quantitative estimate of drug-likeness (QED) is 0.686. The van der Waals surface area contributed by atoms with E-state index in [4.69, 9.17) is 16.3 Å². The number of hydrogen-bond acceptors (Lipinski definition) is 6. The summed E-state index contributed by atoms with van der Waals surface area (Å²) in [6.45, 7) is 4.48. The van der Waals surface area contributed by atoms with E-state index in [1.54, 1.807) is 6.08 Å². The molecule has 6 atom stereocenters. The van der Waals surface area contributed by atoms with Gasteiger partial charge in [0.15, 0.2) is 12.4 Å². The summed E-state index contributed by atoms with van der Waals surface area (Å²) in [6.07, 6.45) is 5.30. The molecule has 4 rings (SSSR count). The number of Topliss-reactive ketones (excluding diaryl/α,β-unsaturated/α-hetero) is 2. The Hall–Kier alpha value is -1.79. The van der Waals surface area contributed by atoms with E-state index in [-0.39, 0.29) is 42.2 Å². The summed E-state index contributed by atoms with van der Waals surface area (Å²) in [7, 11) is 0. The van der Waals surface area contributed by atoms with E-state index < -0.39 is 34.8 Å². The average Bonchev–Trinajstić information content (AvgIpc) is 2.92. The van der Waals surface area contributed by atoms with Crippen LogP contribution < -0.4 is 0 Å². The van der Waals surface area contributed by atoms with Crippen molar-refractivity contribution in [1.82, 2.24) is 0 Å². The number of ether oxygens (including phenoxy) is 1. The lowest BCUT2D eigenvalue weighted by Gasteiger charge is -2.57. The van der Waals surface area contributed by atoms with Crippen molar-refractivity contribution in [3.05, 3.63) is 22.8 Å². The molecule has 0 aromatic carbocycles. The Morgan fingerprint density at radius 3 is 2.60 bits per heavy atom. The highest BCUT2D eigenvalue weighted by Crippen LogP contribution is 2.67. The molecule has 6 nitrogen and oxygen atoms in total. The van der Waals surface area contributed by atoms with Gasteiger partial charge < -0.3 is 9.84 Å². The van der Waals surface area contributed by atoms with Crippen LogP contribution in [0.4, 0.5) is 0 Å². The fourth-order valence-electron chi connectivity index (χ4n) is 6.84. The normalized spacial score (nSPS) is 42.5. The van der Waals surface area contributed by atoms with E-state index in [2.05, 4.69) is 0 Å². The van der Waals surface area contributed by atoms with E-state index >= 15 is 0 Å². The minimum atomic E-state index is -1.70. The summed E-state index contributed by atoms with van der Waals surface area (Å²) >= 11 is 6.56. The second kappa shape index (κ2) is 6.86. The SMILES string of the molecule is CC(=O)OCC(=O)[C@@]1(O)CC[C@H]2[C@@H]3CCC4=CC(=O)C=C(Cl)[C@]4(C)[C@H]3C(=O)C[C@@]21C. The minimum Gasteiger partial charge on any atom is -0.458 e. The maximum absolute atomic E-state index is 13.5. The molecule has 0 aromatic rings. The molecule has 0 saturated heterocycles. The van der Waals surface area contributed by atoms with Crippen LogP contribution >= 0.6 is 11.6 Å². The van der Waals surface area contributed by atoms with E-state index in [9.17, 15) is 24.3 Å². The van der Waals surface area contributed by atoms with Gasteiger partial charge in [0.05, 0.1) is 0 Å². The van der Waals surface area contributed by atoms with E-state index in [1.807, 2.05) is 13.8 Å². The molecule has 0 amide bonds. The fourth-order valence-corrected chi connectivity index (χ4v) is 7.18. The van der Waals surface area contributed by atoms with Gasteiger partial charge in [0.1, 0.15) is 11.4 Å². The zero-order chi connectivity index (χ0) is 22.1.